The molecule has 182 valence electrons. The van der Waals surface area contributed by atoms with E-state index in [4.69, 9.17) is 14.6 Å². The normalized spacial score (nSPS) is 20.0. The fourth-order valence-electron chi connectivity index (χ4n) is 4.24. The first-order valence-electron chi connectivity index (χ1n) is 11.5. The van der Waals surface area contributed by atoms with Crippen LogP contribution in [0.2, 0.25) is 0 Å². The van der Waals surface area contributed by atoms with Crippen LogP contribution in [0.15, 0.2) is 36.7 Å². The number of piperidine rings is 1. The number of aromatic nitrogens is 2. The zero-order chi connectivity index (χ0) is 23.9. The maximum absolute atomic E-state index is 12.6. The van der Waals surface area contributed by atoms with E-state index in [1.54, 1.807) is 11.1 Å². The number of carbonyl (C=O) groups is 2. The number of anilines is 2. The Kier molecular flexibility index (Phi) is 7.51. The van der Waals surface area contributed by atoms with Gasteiger partial charge in [-0.15, -0.1) is 0 Å². The van der Waals surface area contributed by atoms with Gasteiger partial charge in [-0.2, -0.15) is 0 Å². The highest BCUT2D eigenvalue weighted by molar-refractivity contribution is 5.88. The molecule has 3 N–H and O–H groups in total. The molecule has 0 radical (unpaired) electrons. The van der Waals surface area contributed by atoms with Crippen LogP contribution in [0.5, 0.6) is 11.5 Å². The quantitative estimate of drug-likeness (QED) is 0.563. The van der Waals surface area contributed by atoms with Crippen molar-refractivity contribution in [1.82, 2.24) is 20.2 Å². The van der Waals surface area contributed by atoms with Crippen molar-refractivity contribution < 1.29 is 24.2 Å². The van der Waals surface area contributed by atoms with Crippen LogP contribution in [0.25, 0.3) is 0 Å². The van der Waals surface area contributed by atoms with Crippen LogP contribution >= 0.6 is 0 Å². The van der Waals surface area contributed by atoms with Crippen LogP contribution in [-0.2, 0) is 0 Å². The molecule has 2 aliphatic heterocycles. The van der Waals surface area contributed by atoms with E-state index in [-0.39, 0.29) is 18.2 Å². The molecule has 0 aliphatic carbocycles. The van der Waals surface area contributed by atoms with Crippen LogP contribution in [0.3, 0.4) is 0 Å². The average Bonchev–Trinajstić information content (AvgIpc) is 3.29. The Hall–Kier alpha value is -3.76. The maximum atomic E-state index is 12.6. The van der Waals surface area contributed by atoms with Gasteiger partial charge in [0.25, 0.3) is 0 Å². The Labute approximate surface area is 198 Å². The highest BCUT2D eigenvalue weighted by atomic mass is 16.5. The van der Waals surface area contributed by atoms with Crippen LogP contribution in [0.1, 0.15) is 26.2 Å². The Morgan fingerprint density at radius 2 is 1.97 bits per heavy atom. The van der Waals surface area contributed by atoms with E-state index < -0.39 is 6.09 Å². The molecule has 2 fully saturated rings. The summed E-state index contributed by atoms with van der Waals surface area (Å²) in [4.78, 5) is 35.9. The fraction of sp³-hybridized carbons (Fsp3) is 0.478. The molecule has 11 heteroatoms. The van der Waals surface area contributed by atoms with Crippen molar-refractivity contribution in [1.29, 1.82) is 0 Å². The SMILES string of the molecule is CCOc1ccccc1O[C@@H]1CCCN(c2cncc(NC(=O)N3CCC(NC(=O)O)C3)n2)C1. The fourth-order valence-corrected chi connectivity index (χ4v) is 4.24. The molecule has 2 aliphatic rings. The first kappa shape index (κ1) is 23.4. The molecule has 4 rings (SSSR count). The summed E-state index contributed by atoms with van der Waals surface area (Å²) in [6.07, 6.45) is 4.49. The summed E-state index contributed by atoms with van der Waals surface area (Å²) >= 11 is 0. The minimum Gasteiger partial charge on any atom is -0.490 e. The molecular formula is C23H30N6O5. The van der Waals surface area contributed by atoms with Gasteiger partial charge in [0.15, 0.2) is 17.3 Å². The number of para-hydroxylation sites is 2. The summed E-state index contributed by atoms with van der Waals surface area (Å²) in [5.41, 5.74) is 0. The predicted molar refractivity (Wildman–Crippen MR) is 126 cm³/mol. The van der Waals surface area contributed by atoms with Crippen molar-refractivity contribution in [3.8, 4) is 11.5 Å². The van der Waals surface area contributed by atoms with Gasteiger partial charge in [0, 0.05) is 19.6 Å². The molecule has 1 unspecified atom stereocenters. The van der Waals surface area contributed by atoms with Gasteiger partial charge in [-0.1, -0.05) is 12.1 Å². The average molecular weight is 471 g/mol. The third kappa shape index (κ3) is 5.97. The second-order valence-corrected chi connectivity index (χ2v) is 8.28. The van der Waals surface area contributed by atoms with Gasteiger partial charge in [-0.05, 0) is 38.3 Å². The molecular weight excluding hydrogens is 440 g/mol. The predicted octanol–water partition coefficient (Wildman–Crippen LogP) is 2.80. The molecule has 11 nitrogen and oxygen atoms in total. The number of ether oxygens (including phenoxy) is 2. The van der Waals surface area contributed by atoms with Crippen molar-refractivity contribution in [3.63, 3.8) is 0 Å². The van der Waals surface area contributed by atoms with Gasteiger partial charge >= 0.3 is 12.1 Å². The molecule has 1 aromatic heterocycles. The van der Waals surface area contributed by atoms with Crippen LogP contribution < -0.4 is 25.0 Å². The highest BCUT2D eigenvalue weighted by Crippen LogP contribution is 2.30. The van der Waals surface area contributed by atoms with E-state index in [9.17, 15) is 9.59 Å². The number of amides is 3. The molecule has 2 saturated heterocycles. The Balaban J connectivity index is 1.36. The lowest BCUT2D eigenvalue weighted by Gasteiger charge is -2.33. The molecule has 0 saturated carbocycles. The van der Waals surface area contributed by atoms with Crippen LogP contribution in [0.4, 0.5) is 21.2 Å². The summed E-state index contributed by atoms with van der Waals surface area (Å²) < 4.78 is 11.9. The van der Waals surface area contributed by atoms with Gasteiger partial charge in [0.05, 0.1) is 31.6 Å². The third-order valence-electron chi connectivity index (χ3n) is 5.80. The summed E-state index contributed by atoms with van der Waals surface area (Å²) in [6.45, 7) is 4.75. The van der Waals surface area contributed by atoms with E-state index >= 15 is 0 Å². The zero-order valence-electron chi connectivity index (χ0n) is 19.1. The van der Waals surface area contributed by atoms with Gasteiger partial charge in [0.1, 0.15) is 11.9 Å². The maximum Gasteiger partial charge on any atom is 0.404 e. The highest BCUT2D eigenvalue weighted by Gasteiger charge is 2.28. The number of likely N-dealkylation sites (tertiary alicyclic amines) is 1. The van der Waals surface area contributed by atoms with E-state index in [0.717, 1.165) is 30.9 Å². The van der Waals surface area contributed by atoms with Crippen LogP contribution in [0, 0.1) is 0 Å². The second-order valence-electron chi connectivity index (χ2n) is 8.28. The molecule has 3 amide bonds. The lowest BCUT2D eigenvalue weighted by atomic mass is 10.1. The van der Waals surface area contributed by atoms with Gasteiger partial charge in [-0.25, -0.2) is 14.6 Å². The molecule has 1 aromatic carbocycles. The topological polar surface area (TPSA) is 129 Å². The molecule has 0 bridgehead atoms. The van der Waals surface area contributed by atoms with Crippen molar-refractivity contribution in [2.75, 3.05) is 43.0 Å². The van der Waals surface area contributed by atoms with Gasteiger partial charge in [-0.3, -0.25) is 10.3 Å². The third-order valence-corrected chi connectivity index (χ3v) is 5.80. The van der Waals surface area contributed by atoms with E-state index in [1.165, 1.54) is 6.20 Å². The molecule has 2 aromatic rings. The van der Waals surface area contributed by atoms with E-state index in [0.29, 0.717) is 44.3 Å². The first-order valence-corrected chi connectivity index (χ1v) is 11.5. The summed E-state index contributed by atoms with van der Waals surface area (Å²) in [5.74, 6) is 2.47. The summed E-state index contributed by atoms with van der Waals surface area (Å²) in [5, 5.41) is 14.0. The minimum absolute atomic E-state index is 0.0290. The second kappa shape index (κ2) is 10.9. The number of nitrogens with zero attached hydrogens (tertiary/aromatic N) is 4. The lowest BCUT2D eigenvalue weighted by Crippen LogP contribution is -2.42. The zero-order valence-corrected chi connectivity index (χ0v) is 19.1. The molecule has 3 heterocycles. The van der Waals surface area contributed by atoms with Crippen LogP contribution in [-0.4, -0.2) is 77.0 Å². The monoisotopic (exact) mass is 470 g/mol. The van der Waals surface area contributed by atoms with Crippen molar-refractivity contribution in [2.45, 2.75) is 38.3 Å². The van der Waals surface area contributed by atoms with E-state index in [2.05, 4.69) is 25.5 Å². The number of benzene rings is 1. The lowest BCUT2D eigenvalue weighted by molar-refractivity contribution is 0.170. The number of urea groups is 1. The number of hydrogen-bond acceptors (Lipinski definition) is 7. The number of carboxylic acid groups (broad SMARTS) is 1. The Morgan fingerprint density at radius 3 is 2.76 bits per heavy atom. The number of carbonyl (C=O) groups excluding carboxylic acids is 1. The molecule has 34 heavy (non-hydrogen) atoms. The van der Waals surface area contributed by atoms with Crippen molar-refractivity contribution >= 4 is 23.8 Å². The number of hydrogen-bond donors (Lipinski definition) is 3. The van der Waals surface area contributed by atoms with Crippen molar-refractivity contribution in [2.24, 2.45) is 0 Å². The smallest absolute Gasteiger partial charge is 0.404 e. The summed E-state index contributed by atoms with van der Waals surface area (Å²) in [6, 6.07) is 7.07. The largest absolute Gasteiger partial charge is 0.490 e. The Bertz CT molecular complexity index is 1010. The van der Waals surface area contributed by atoms with Crippen molar-refractivity contribution in [3.05, 3.63) is 36.7 Å². The van der Waals surface area contributed by atoms with E-state index in [1.807, 2.05) is 31.2 Å². The number of nitrogens with one attached hydrogen (secondary N) is 2. The standard InChI is InChI=1S/C23H30N6O5/c1-2-33-18-7-3-4-8-19(18)34-17-6-5-10-28(15-17)21-13-24-12-20(26-21)27-22(30)29-11-9-16(14-29)25-23(31)32/h3-4,7-8,12-13,16-17,25H,2,5-6,9-11,14-15H2,1H3,(H,31,32)(H,26,27,30)/t16?,17-/m1/s1. The minimum atomic E-state index is -1.09. The summed E-state index contributed by atoms with van der Waals surface area (Å²) in [7, 11) is 0. The Morgan fingerprint density at radius 1 is 1.15 bits per heavy atom. The van der Waals surface area contributed by atoms with Gasteiger partial charge < -0.3 is 29.7 Å². The van der Waals surface area contributed by atoms with Gasteiger partial charge in [0.2, 0.25) is 0 Å². The first-order chi connectivity index (χ1) is 16.5. The molecule has 0 spiro atoms. The molecule has 2 atom stereocenters. The number of rotatable bonds is 7.